The number of carbonyl (C=O) groups is 1. The van der Waals surface area contributed by atoms with Crippen LogP contribution in [0.5, 0.6) is 0 Å². The lowest BCUT2D eigenvalue weighted by Gasteiger charge is -2.41. The van der Waals surface area contributed by atoms with Crippen LogP contribution in [0.25, 0.3) is 11.1 Å². The molecule has 1 aliphatic heterocycles. The number of halogens is 3. The fraction of sp³-hybridized carbons (Fsp3) is 0.323. The van der Waals surface area contributed by atoms with Crippen molar-refractivity contribution in [3.63, 3.8) is 0 Å². The average molecular weight is 662 g/mol. The summed E-state index contributed by atoms with van der Waals surface area (Å²) in [5.74, 6) is 0.0596. The predicted octanol–water partition coefficient (Wildman–Crippen LogP) is 6.54. The molecule has 1 saturated heterocycles. The van der Waals surface area contributed by atoms with E-state index in [0.29, 0.717) is 5.75 Å². The topological polar surface area (TPSA) is 98.5 Å². The second-order valence-corrected chi connectivity index (χ2v) is 13.6. The van der Waals surface area contributed by atoms with E-state index in [2.05, 4.69) is 22.4 Å². The minimum absolute atomic E-state index is 0.0110. The first-order valence-corrected chi connectivity index (χ1v) is 15.8. The highest BCUT2D eigenvalue weighted by Crippen LogP contribution is 2.43. The van der Waals surface area contributed by atoms with Gasteiger partial charge in [-0.15, -0.1) is 10.2 Å². The van der Waals surface area contributed by atoms with Gasteiger partial charge in [0, 0.05) is 30.8 Å². The van der Waals surface area contributed by atoms with E-state index in [1.165, 1.54) is 0 Å². The van der Waals surface area contributed by atoms with E-state index in [0.717, 1.165) is 38.5 Å². The molecule has 2 heterocycles. The van der Waals surface area contributed by atoms with Gasteiger partial charge in [0.2, 0.25) is 0 Å². The molecule has 0 aliphatic carbocycles. The third-order valence-electron chi connectivity index (χ3n) is 7.32. The second-order valence-electron chi connectivity index (χ2n) is 10.4. The van der Waals surface area contributed by atoms with Crippen molar-refractivity contribution in [1.29, 1.82) is 0 Å². The third-order valence-corrected chi connectivity index (χ3v) is 8.96. The summed E-state index contributed by atoms with van der Waals surface area (Å²) in [5, 5.41) is 21.1. The van der Waals surface area contributed by atoms with Crippen LogP contribution < -0.4 is 5.32 Å². The molecule has 4 atom stereocenters. The molecule has 1 aromatic heterocycles. The molecule has 3 aromatic carbocycles. The van der Waals surface area contributed by atoms with Gasteiger partial charge >= 0.3 is 0 Å². The number of nitrogens with zero attached hydrogens (tertiary/aromatic N) is 3. The van der Waals surface area contributed by atoms with Gasteiger partial charge in [-0.05, 0) is 33.9 Å². The van der Waals surface area contributed by atoms with Crippen molar-refractivity contribution in [2.24, 2.45) is 13.0 Å². The van der Waals surface area contributed by atoms with Gasteiger partial charge in [0.05, 0.1) is 18.8 Å². The van der Waals surface area contributed by atoms with E-state index in [1.54, 1.807) is 18.1 Å². The van der Waals surface area contributed by atoms with Crippen molar-refractivity contribution in [1.82, 2.24) is 20.1 Å². The minimum Gasteiger partial charge on any atom is -0.392 e. The van der Waals surface area contributed by atoms with Crippen molar-refractivity contribution in [3.8, 4) is 11.1 Å². The van der Waals surface area contributed by atoms with Gasteiger partial charge in [-0.3, -0.25) is 4.79 Å². The molecule has 0 saturated carbocycles. The summed E-state index contributed by atoms with van der Waals surface area (Å²) in [5.41, 5.74) is 5.62. The zero-order chi connectivity index (χ0) is 30.6. The van der Waals surface area contributed by atoms with Gasteiger partial charge in [0.15, 0.2) is 11.4 Å². The van der Waals surface area contributed by atoms with Crippen molar-refractivity contribution < 1.29 is 19.4 Å². The van der Waals surface area contributed by atoms with E-state index in [4.69, 9.17) is 44.3 Å². The number of aliphatic hydroxyl groups is 1. The maximum atomic E-state index is 11.9. The van der Waals surface area contributed by atoms with E-state index in [1.807, 2.05) is 84.4 Å². The monoisotopic (exact) mass is 660 g/mol. The number of ether oxygens (including phenoxy) is 2. The molecule has 0 spiro atoms. The van der Waals surface area contributed by atoms with E-state index >= 15 is 0 Å². The molecule has 0 bridgehead atoms. The molecule has 0 unspecified atom stereocenters. The molecule has 12 heteroatoms. The van der Waals surface area contributed by atoms with Crippen LogP contribution in [0.3, 0.4) is 0 Å². The largest absolute Gasteiger partial charge is 0.392 e. The van der Waals surface area contributed by atoms with Gasteiger partial charge < -0.3 is 24.5 Å². The molecular formula is C31H31Cl3N4O4S. The van der Waals surface area contributed by atoms with Crippen molar-refractivity contribution >= 4 is 52.5 Å². The molecule has 1 amide bonds. The standard InChI is InChI=1S/C31H31Cl3N4O4S/c1-19-26(17-43-30-37-36-18-38(30)2)41-28(42-27(19)23-8-6-20(16-39)7-9-23)24-12-10-22(11-13-24)25-5-3-4-21(14-25)15-35-29(40)31(32,33)34/h3-14,18-19,26-28,39H,15-17H2,1-2H3,(H,35,40)/t19-,26+,27+,28+/m1/s1. The summed E-state index contributed by atoms with van der Waals surface area (Å²) in [6.45, 7) is 2.35. The number of benzene rings is 3. The van der Waals surface area contributed by atoms with Gasteiger partial charge in [-0.2, -0.15) is 0 Å². The fourth-order valence-electron chi connectivity index (χ4n) is 4.85. The van der Waals surface area contributed by atoms with Crippen LogP contribution in [0, 0.1) is 5.92 Å². The van der Waals surface area contributed by atoms with Gasteiger partial charge in [0.1, 0.15) is 6.33 Å². The highest BCUT2D eigenvalue weighted by molar-refractivity contribution is 7.99. The van der Waals surface area contributed by atoms with E-state index in [-0.39, 0.29) is 31.3 Å². The molecular weight excluding hydrogens is 631 g/mol. The number of rotatable bonds is 9. The first-order valence-electron chi connectivity index (χ1n) is 13.6. The summed E-state index contributed by atoms with van der Waals surface area (Å²) < 4.78 is 13.0. The Morgan fingerprint density at radius 1 is 1.00 bits per heavy atom. The first kappa shape index (κ1) is 31.8. The van der Waals surface area contributed by atoms with Crippen LogP contribution in [0.4, 0.5) is 0 Å². The number of aryl methyl sites for hydroxylation is 1. The first-order chi connectivity index (χ1) is 20.6. The maximum absolute atomic E-state index is 11.9. The highest BCUT2D eigenvalue weighted by Gasteiger charge is 2.38. The van der Waals surface area contributed by atoms with Crippen LogP contribution in [0.2, 0.25) is 0 Å². The predicted molar refractivity (Wildman–Crippen MR) is 169 cm³/mol. The molecule has 1 aliphatic rings. The molecule has 8 nitrogen and oxygen atoms in total. The van der Waals surface area contributed by atoms with Crippen LogP contribution >= 0.6 is 46.6 Å². The molecule has 1 fully saturated rings. The van der Waals surface area contributed by atoms with Gasteiger partial charge in [0.25, 0.3) is 9.70 Å². The Morgan fingerprint density at radius 2 is 1.72 bits per heavy atom. The summed E-state index contributed by atoms with van der Waals surface area (Å²) in [7, 11) is 1.92. The number of aromatic nitrogens is 3. The molecule has 2 N–H and O–H groups in total. The van der Waals surface area contributed by atoms with Crippen LogP contribution in [-0.4, -0.2) is 41.4 Å². The zero-order valence-electron chi connectivity index (χ0n) is 23.5. The van der Waals surface area contributed by atoms with Crippen molar-refractivity contribution in [2.45, 2.75) is 47.5 Å². The number of hydrogen-bond acceptors (Lipinski definition) is 7. The lowest BCUT2D eigenvalue weighted by atomic mass is 9.91. The van der Waals surface area contributed by atoms with Gasteiger partial charge in [-0.1, -0.05) is 120 Å². The number of aliphatic hydroxyl groups excluding tert-OH is 1. The Balaban J connectivity index is 1.34. The summed E-state index contributed by atoms with van der Waals surface area (Å²) >= 11 is 18.6. The quantitative estimate of drug-likeness (QED) is 0.155. The second kappa shape index (κ2) is 14.0. The van der Waals surface area contributed by atoms with Crippen LogP contribution in [0.1, 0.15) is 41.6 Å². The lowest BCUT2D eigenvalue weighted by molar-refractivity contribution is -0.268. The molecule has 226 valence electrons. The average Bonchev–Trinajstić information content (AvgIpc) is 3.43. The number of nitrogens with one attached hydrogen (secondary N) is 1. The van der Waals surface area contributed by atoms with E-state index in [9.17, 15) is 9.90 Å². The Bertz CT molecular complexity index is 1530. The van der Waals surface area contributed by atoms with E-state index < -0.39 is 16.0 Å². The summed E-state index contributed by atoms with van der Waals surface area (Å²) in [6.07, 6.45) is 0.765. The summed E-state index contributed by atoms with van der Waals surface area (Å²) in [6, 6.07) is 23.7. The molecule has 4 aromatic rings. The number of thioether (sulfide) groups is 1. The third kappa shape index (κ3) is 7.91. The fourth-order valence-corrected chi connectivity index (χ4v) is 6.10. The van der Waals surface area contributed by atoms with Crippen LogP contribution in [-0.2, 0) is 34.5 Å². The minimum atomic E-state index is -2.01. The normalized spacial score (nSPS) is 20.6. The molecule has 0 radical (unpaired) electrons. The zero-order valence-corrected chi connectivity index (χ0v) is 26.6. The number of amides is 1. The number of carbonyl (C=O) groups excluding carboxylic acids is 1. The number of alkyl halides is 3. The Hall–Kier alpha value is -2.63. The Kier molecular flexibility index (Phi) is 10.3. The Morgan fingerprint density at radius 3 is 2.37 bits per heavy atom. The lowest BCUT2D eigenvalue weighted by Crippen LogP contribution is -2.38. The van der Waals surface area contributed by atoms with Gasteiger partial charge in [-0.25, -0.2) is 0 Å². The SMILES string of the molecule is C[C@@H]1[C@H](CSc2nncn2C)O[C@H](c2ccc(-c3cccc(CNC(=O)C(Cl)(Cl)Cl)c3)cc2)O[C@@H]1c1ccc(CO)cc1. The smallest absolute Gasteiger partial charge is 0.272 e. The van der Waals surface area contributed by atoms with Crippen LogP contribution in [0.15, 0.2) is 84.3 Å². The molecule has 5 rings (SSSR count). The number of hydrogen-bond donors (Lipinski definition) is 2. The molecule has 43 heavy (non-hydrogen) atoms. The van der Waals surface area contributed by atoms with Crippen molar-refractivity contribution in [3.05, 3.63) is 101 Å². The maximum Gasteiger partial charge on any atom is 0.272 e. The Labute approximate surface area is 269 Å². The van der Waals surface area contributed by atoms with Crippen molar-refractivity contribution in [2.75, 3.05) is 5.75 Å². The summed E-state index contributed by atoms with van der Waals surface area (Å²) in [4.78, 5) is 11.9. The highest BCUT2D eigenvalue weighted by atomic mass is 35.6.